The average Bonchev–Trinajstić information content (AvgIpc) is 2.35. The zero-order chi connectivity index (χ0) is 15.2. The summed E-state index contributed by atoms with van der Waals surface area (Å²) < 4.78 is 9.58. The van der Waals surface area contributed by atoms with Gasteiger partial charge in [0.2, 0.25) is 0 Å². The molecule has 1 saturated heterocycles. The lowest BCUT2D eigenvalue weighted by Crippen LogP contribution is -2.56. The number of hydrogen-bond donors (Lipinski definition) is 2. The van der Waals surface area contributed by atoms with E-state index in [4.69, 9.17) is 4.74 Å². The van der Waals surface area contributed by atoms with Crippen molar-refractivity contribution in [2.45, 2.75) is 32.0 Å². The van der Waals surface area contributed by atoms with Crippen molar-refractivity contribution < 1.29 is 19.4 Å². The molecule has 5 nitrogen and oxygen atoms in total. The second-order valence-corrected chi connectivity index (χ2v) is 5.69. The van der Waals surface area contributed by atoms with Gasteiger partial charge in [-0.2, -0.15) is 0 Å². The quantitative estimate of drug-likeness (QED) is 0.821. The zero-order valence-electron chi connectivity index (χ0n) is 12.5. The first-order chi connectivity index (χ1) is 9.30. The van der Waals surface area contributed by atoms with Crippen molar-refractivity contribution in [3.8, 4) is 5.75 Å². The van der Waals surface area contributed by atoms with Gasteiger partial charge in [0.15, 0.2) is 0 Å². The molecule has 0 spiro atoms. The maximum atomic E-state index is 9.94. The van der Waals surface area contributed by atoms with Crippen molar-refractivity contribution in [1.82, 2.24) is 5.32 Å². The Bertz CT molecular complexity index is 418. The van der Waals surface area contributed by atoms with Crippen LogP contribution in [0, 0.1) is 0 Å². The SMILES string of the molecule is CC(C)(C)OC=O.COc1ccc(C2(O)CNC2)cc1. The van der Waals surface area contributed by atoms with Crippen molar-refractivity contribution in [3.05, 3.63) is 29.8 Å². The maximum Gasteiger partial charge on any atom is 0.293 e. The van der Waals surface area contributed by atoms with Crippen molar-refractivity contribution in [2.24, 2.45) is 0 Å². The second-order valence-electron chi connectivity index (χ2n) is 5.69. The molecule has 1 aromatic rings. The molecule has 112 valence electrons. The van der Waals surface area contributed by atoms with E-state index in [1.54, 1.807) is 7.11 Å². The first kappa shape index (κ1) is 16.5. The minimum Gasteiger partial charge on any atom is -0.497 e. The smallest absolute Gasteiger partial charge is 0.293 e. The lowest BCUT2D eigenvalue weighted by Gasteiger charge is -2.38. The minimum atomic E-state index is -0.660. The number of hydrogen-bond acceptors (Lipinski definition) is 5. The summed E-state index contributed by atoms with van der Waals surface area (Å²) in [5.41, 5.74) is -0.0272. The molecule has 0 radical (unpaired) electrons. The number of nitrogens with one attached hydrogen (secondary N) is 1. The van der Waals surface area contributed by atoms with Gasteiger partial charge in [-0.3, -0.25) is 4.79 Å². The van der Waals surface area contributed by atoms with Crippen LogP contribution in [0.2, 0.25) is 0 Å². The van der Waals surface area contributed by atoms with Crippen molar-refractivity contribution in [3.63, 3.8) is 0 Å². The predicted molar refractivity (Wildman–Crippen MR) is 76.7 cm³/mol. The first-order valence-corrected chi connectivity index (χ1v) is 6.50. The van der Waals surface area contributed by atoms with Crippen LogP contribution in [0.3, 0.4) is 0 Å². The number of methoxy groups -OCH3 is 1. The lowest BCUT2D eigenvalue weighted by molar-refractivity contribution is -0.138. The average molecular weight is 281 g/mol. The molecule has 0 amide bonds. The van der Waals surface area contributed by atoms with Crippen LogP contribution in [0.15, 0.2) is 24.3 Å². The topological polar surface area (TPSA) is 67.8 Å². The first-order valence-electron chi connectivity index (χ1n) is 6.50. The van der Waals surface area contributed by atoms with Crippen molar-refractivity contribution >= 4 is 6.47 Å². The Morgan fingerprint density at radius 3 is 2.05 bits per heavy atom. The third-order valence-electron chi connectivity index (χ3n) is 2.86. The molecule has 0 aromatic heterocycles. The third kappa shape index (κ3) is 4.83. The van der Waals surface area contributed by atoms with E-state index in [0.29, 0.717) is 19.6 Å². The van der Waals surface area contributed by atoms with Crippen LogP contribution < -0.4 is 10.1 Å². The van der Waals surface area contributed by atoms with Gasteiger partial charge in [-0.15, -0.1) is 0 Å². The normalized spacial score (nSPS) is 16.2. The van der Waals surface area contributed by atoms with E-state index in [9.17, 15) is 9.90 Å². The second kappa shape index (κ2) is 6.72. The molecule has 20 heavy (non-hydrogen) atoms. The Morgan fingerprint density at radius 2 is 1.80 bits per heavy atom. The number of ether oxygens (including phenoxy) is 2. The number of benzene rings is 1. The lowest BCUT2D eigenvalue weighted by atomic mass is 9.88. The monoisotopic (exact) mass is 281 g/mol. The fraction of sp³-hybridized carbons (Fsp3) is 0.533. The number of carbonyl (C=O) groups is 1. The molecule has 0 saturated carbocycles. The van der Waals surface area contributed by atoms with Crippen LogP contribution in [0.4, 0.5) is 0 Å². The number of aliphatic hydroxyl groups is 1. The van der Waals surface area contributed by atoms with Crippen LogP contribution in [-0.4, -0.2) is 37.4 Å². The van der Waals surface area contributed by atoms with Gasteiger partial charge in [0, 0.05) is 13.1 Å². The molecule has 0 bridgehead atoms. The van der Waals surface area contributed by atoms with Gasteiger partial charge >= 0.3 is 0 Å². The highest BCUT2D eigenvalue weighted by molar-refractivity contribution is 5.37. The largest absolute Gasteiger partial charge is 0.497 e. The molecule has 1 heterocycles. The summed E-state index contributed by atoms with van der Waals surface area (Å²) in [5, 5.41) is 13.0. The Morgan fingerprint density at radius 1 is 1.25 bits per heavy atom. The van der Waals surface area contributed by atoms with E-state index in [0.717, 1.165) is 11.3 Å². The van der Waals surface area contributed by atoms with Crippen molar-refractivity contribution in [2.75, 3.05) is 20.2 Å². The molecule has 0 unspecified atom stereocenters. The summed E-state index contributed by atoms with van der Waals surface area (Å²) in [6.07, 6.45) is 0. The number of carbonyl (C=O) groups excluding carboxylic acids is 1. The summed E-state index contributed by atoms with van der Waals surface area (Å²) in [5.74, 6) is 0.819. The van der Waals surface area contributed by atoms with E-state index in [2.05, 4.69) is 10.1 Å². The highest BCUT2D eigenvalue weighted by atomic mass is 16.5. The highest BCUT2D eigenvalue weighted by Gasteiger charge is 2.35. The third-order valence-corrected chi connectivity index (χ3v) is 2.86. The minimum absolute atomic E-state index is 0.318. The number of rotatable bonds is 3. The van der Waals surface area contributed by atoms with Crippen LogP contribution in [-0.2, 0) is 15.1 Å². The molecule has 1 fully saturated rings. The van der Waals surface area contributed by atoms with E-state index in [1.165, 1.54) is 0 Å². The molecule has 0 aliphatic carbocycles. The summed E-state index contributed by atoms with van der Waals surface area (Å²) in [6.45, 7) is 7.20. The van der Waals surface area contributed by atoms with Gasteiger partial charge in [0.05, 0.1) is 7.11 Å². The summed E-state index contributed by atoms with van der Waals surface area (Å²) in [7, 11) is 1.63. The molecule has 2 rings (SSSR count). The van der Waals surface area contributed by atoms with Gasteiger partial charge in [-0.1, -0.05) is 12.1 Å². The zero-order valence-corrected chi connectivity index (χ0v) is 12.5. The Hall–Kier alpha value is -1.59. The molecular formula is C15H23NO4. The summed E-state index contributed by atoms with van der Waals surface area (Å²) in [6, 6.07) is 7.54. The highest BCUT2D eigenvalue weighted by Crippen LogP contribution is 2.26. The molecule has 1 aromatic carbocycles. The fourth-order valence-electron chi connectivity index (χ4n) is 1.61. The van der Waals surface area contributed by atoms with E-state index >= 15 is 0 Å². The van der Waals surface area contributed by atoms with E-state index < -0.39 is 5.60 Å². The molecule has 1 aliphatic heterocycles. The Kier molecular flexibility index (Phi) is 5.53. The van der Waals surface area contributed by atoms with Gasteiger partial charge in [0.1, 0.15) is 17.0 Å². The van der Waals surface area contributed by atoms with Gasteiger partial charge < -0.3 is 19.9 Å². The van der Waals surface area contributed by atoms with Gasteiger partial charge in [-0.05, 0) is 38.5 Å². The van der Waals surface area contributed by atoms with Gasteiger partial charge in [-0.25, -0.2) is 0 Å². The van der Waals surface area contributed by atoms with Crippen LogP contribution in [0.1, 0.15) is 26.3 Å². The fourth-order valence-corrected chi connectivity index (χ4v) is 1.61. The van der Waals surface area contributed by atoms with E-state index in [1.807, 2.05) is 45.0 Å². The Balaban J connectivity index is 0.000000246. The van der Waals surface area contributed by atoms with Crippen LogP contribution in [0.25, 0.3) is 0 Å². The van der Waals surface area contributed by atoms with Gasteiger partial charge in [0.25, 0.3) is 6.47 Å². The molecule has 0 atom stereocenters. The van der Waals surface area contributed by atoms with Crippen LogP contribution in [0.5, 0.6) is 5.75 Å². The maximum absolute atomic E-state index is 9.94. The van der Waals surface area contributed by atoms with E-state index in [-0.39, 0.29) is 5.60 Å². The Labute approximate surface area is 119 Å². The molecule has 1 aliphatic rings. The summed E-state index contributed by atoms with van der Waals surface area (Å²) >= 11 is 0. The van der Waals surface area contributed by atoms with Crippen molar-refractivity contribution in [1.29, 1.82) is 0 Å². The number of β-amino-alcohol motifs (C(OH)–C–C–N with tert-alkyl or cyclic N) is 1. The molecular weight excluding hydrogens is 258 g/mol. The molecule has 2 N–H and O–H groups in total. The summed E-state index contributed by atoms with van der Waals surface area (Å²) in [4.78, 5) is 9.60. The molecule has 5 heteroatoms. The standard InChI is InChI=1S/C10H13NO2.C5H10O2/c1-13-9-4-2-8(3-5-9)10(12)6-11-7-10;1-5(2,3)7-4-6/h2-5,11-12H,6-7H2,1H3;4H,1-3H3. The predicted octanol–water partition coefficient (Wildman–Crippen LogP) is 1.44. The van der Waals surface area contributed by atoms with Crippen LogP contribution >= 0.6 is 0 Å².